The number of hydrogen-bond donors (Lipinski definition) is 1. The number of benzene rings is 1. The zero-order chi connectivity index (χ0) is 19.2. The van der Waals surface area contributed by atoms with Crippen LogP contribution in [0.3, 0.4) is 0 Å². The molecule has 0 fully saturated rings. The molecule has 1 aromatic carbocycles. The van der Waals surface area contributed by atoms with Gasteiger partial charge in [-0.2, -0.15) is 4.98 Å². The van der Waals surface area contributed by atoms with Crippen molar-refractivity contribution in [2.24, 2.45) is 5.92 Å². The monoisotopic (exact) mass is 368 g/mol. The molecule has 27 heavy (non-hydrogen) atoms. The maximum Gasteiger partial charge on any atom is 0.227 e. The van der Waals surface area contributed by atoms with Crippen molar-refractivity contribution in [1.29, 1.82) is 0 Å². The van der Waals surface area contributed by atoms with E-state index in [4.69, 9.17) is 4.52 Å². The smallest absolute Gasteiger partial charge is 0.227 e. The molecule has 6 nitrogen and oxygen atoms in total. The van der Waals surface area contributed by atoms with E-state index < -0.39 is 0 Å². The number of nitrogens with one attached hydrogen (secondary N) is 1. The van der Waals surface area contributed by atoms with E-state index in [2.05, 4.69) is 20.4 Å². The van der Waals surface area contributed by atoms with Crippen molar-refractivity contribution in [3.05, 3.63) is 65.9 Å². The Morgan fingerprint density at radius 1 is 1.19 bits per heavy atom. The summed E-state index contributed by atoms with van der Waals surface area (Å²) in [5.74, 6) is 0.521. The number of pyridine rings is 1. The third-order valence-electron chi connectivity index (χ3n) is 4.14. The summed E-state index contributed by atoms with van der Waals surface area (Å²) in [5.41, 5.74) is 1.49. The van der Waals surface area contributed by atoms with E-state index in [1.165, 1.54) is 12.1 Å². The maximum atomic E-state index is 13.1. The maximum absolute atomic E-state index is 13.1. The number of amides is 1. The first kappa shape index (κ1) is 18.7. The molecule has 1 amide bonds. The lowest BCUT2D eigenvalue weighted by Gasteiger charge is -2.23. The highest BCUT2D eigenvalue weighted by Gasteiger charge is 2.19. The molecular formula is C20H21FN4O2. The average molecular weight is 368 g/mol. The SMILES string of the molecule is CC(C)[C@@H](NC(=O)CCc1nc(-c2ccccn2)no1)c1ccc(F)cc1. The molecule has 0 saturated carbocycles. The van der Waals surface area contributed by atoms with Crippen LogP contribution in [0.5, 0.6) is 0 Å². The van der Waals surface area contributed by atoms with E-state index in [0.29, 0.717) is 23.8 Å². The number of aryl methyl sites for hydroxylation is 1. The summed E-state index contributed by atoms with van der Waals surface area (Å²) in [7, 11) is 0. The highest BCUT2D eigenvalue weighted by Crippen LogP contribution is 2.22. The Kier molecular flexibility index (Phi) is 5.90. The van der Waals surface area contributed by atoms with Gasteiger partial charge in [-0.25, -0.2) is 4.39 Å². The third kappa shape index (κ3) is 4.97. The molecule has 0 radical (unpaired) electrons. The molecular weight excluding hydrogens is 347 g/mol. The average Bonchev–Trinajstić information content (AvgIpc) is 3.15. The number of halogens is 1. The lowest BCUT2D eigenvalue weighted by Crippen LogP contribution is -2.31. The Morgan fingerprint density at radius 3 is 2.63 bits per heavy atom. The zero-order valence-corrected chi connectivity index (χ0v) is 15.2. The number of carbonyl (C=O) groups is 1. The first-order valence-electron chi connectivity index (χ1n) is 8.81. The second-order valence-electron chi connectivity index (χ2n) is 6.57. The molecule has 0 aliphatic heterocycles. The summed E-state index contributed by atoms with van der Waals surface area (Å²) < 4.78 is 18.3. The van der Waals surface area contributed by atoms with Gasteiger partial charge >= 0.3 is 0 Å². The Balaban J connectivity index is 1.58. The zero-order valence-electron chi connectivity index (χ0n) is 15.2. The second-order valence-corrected chi connectivity index (χ2v) is 6.57. The lowest BCUT2D eigenvalue weighted by molar-refractivity contribution is -0.122. The van der Waals surface area contributed by atoms with Gasteiger partial charge in [0.2, 0.25) is 17.6 Å². The minimum Gasteiger partial charge on any atom is -0.349 e. The van der Waals surface area contributed by atoms with Gasteiger partial charge in [0.15, 0.2) is 0 Å². The van der Waals surface area contributed by atoms with Gasteiger partial charge in [0.1, 0.15) is 11.5 Å². The van der Waals surface area contributed by atoms with Crippen LogP contribution in [-0.2, 0) is 11.2 Å². The summed E-state index contributed by atoms with van der Waals surface area (Å²) >= 11 is 0. The Bertz CT molecular complexity index is 879. The van der Waals surface area contributed by atoms with E-state index in [1.54, 1.807) is 30.5 Å². The molecule has 2 heterocycles. The fraction of sp³-hybridized carbons (Fsp3) is 0.300. The molecule has 7 heteroatoms. The normalized spacial score (nSPS) is 12.1. The molecule has 0 saturated heterocycles. The van der Waals surface area contributed by atoms with Gasteiger partial charge in [0, 0.05) is 19.0 Å². The summed E-state index contributed by atoms with van der Waals surface area (Å²) in [5, 5.41) is 6.89. The van der Waals surface area contributed by atoms with Gasteiger partial charge in [0.25, 0.3) is 0 Å². The predicted molar refractivity (Wildman–Crippen MR) is 98.0 cm³/mol. The highest BCUT2D eigenvalue weighted by molar-refractivity contribution is 5.76. The first-order valence-corrected chi connectivity index (χ1v) is 8.81. The van der Waals surface area contributed by atoms with Crippen molar-refractivity contribution in [3.8, 4) is 11.5 Å². The van der Waals surface area contributed by atoms with Crippen molar-refractivity contribution < 1.29 is 13.7 Å². The van der Waals surface area contributed by atoms with E-state index >= 15 is 0 Å². The van der Waals surface area contributed by atoms with Crippen LogP contribution in [0.15, 0.2) is 53.2 Å². The lowest BCUT2D eigenvalue weighted by atomic mass is 9.96. The molecule has 0 aliphatic carbocycles. The minimum absolute atomic E-state index is 0.129. The number of hydrogen-bond acceptors (Lipinski definition) is 5. The minimum atomic E-state index is -0.298. The van der Waals surface area contributed by atoms with E-state index in [0.717, 1.165) is 5.56 Å². The summed E-state index contributed by atoms with van der Waals surface area (Å²) in [6.45, 7) is 4.01. The van der Waals surface area contributed by atoms with Gasteiger partial charge in [-0.1, -0.05) is 37.2 Å². The van der Waals surface area contributed by atoms with Crippen LogP contribution in [0.25, 0.3) is 11.5 Å². The van der Waals surface area contributed by atoms with Crippen molar-refractivity contribution in [3.63, 3.8) is 0 Å². The Morgan fingerprint density at radius 2 is 1.96 bits per heavy atom. The number of nitrogens with zero attached hydrogens (tertiary/aromatic N) is 3. The van der Waals surface area contributed by atoms with Crippen molar-refractivity contribution in [2.75, 3.05) is 0 Å². The standard InChI is InChI=1S/C20H21FN4O2/c1-13(2)19(14-6-8-15(21)9-7-14)23-17(26)10-11-18-24-20(25-27-18)16-5-3-4-12-22-16/h3-9,12-13,19H,10-11H2,1-2H3,(H,23,26)/t19-/m1/s1. The fourth-order valence-corrected chi connectivity index (χ4v) is 2.73. The summed E-state index contributed by atoms with van der Waals surface area (Å²) in [6, 6.07) is 11.4. The Hall–Kier alpha value is -3.09. The topological polar surface area (TPSA) is 80.9 Å². The predicted octanol–water partition coefficient (Wildman–Crippen LogP) is 3.72. The van der Waals surface area contributed by atoms with Crippen LogP contribution >= 0.6 is 0 Å². The van der Waals surface area contributed by atoms with Gasteiger partial charge in [-0.05, 0) is 35.7 Å². The first-order chi connectivity index (χ1) is 13.0. The summed E-state index contributed by atoms with van der Waals surface area (Å²) in [6.07, 6.45) is 2.20. The van der Waals surface area contributed by atoms with E-state index in [9.17, 15) is 9.18 Å². The summed E-state index contributed by atoms with van der Waals surface area (Å²) in [4.78, 5) is 20.8. The number of carbonyl (C=O) groups excluding carboxylic acids is 1. The second kappa shape index (κ2) is 8.53. The molecule has 3 aromatic rings. The van der Waals surface area contributed by atoms with Crippen LogP contribution in [0, 0.1) is 11.7 Å². The number of aromatic nitrogens is 3. The third-order valence-corrected chi connectivity index (χ3v) is 4.14. The van der Waals surface area contributed by atoms with Crippen LogP contribution in [0.2, 0.25) is 0 Å². The Labute approximate surface area is 156 Å². The van der Waals surface area contributed by atoms with Crippen LogP contribution in [-0.4, -0.2) is 21.0 Å². The number of rotatable bonds is 7. The van der Waals surface area contributed by atoms with Gasteiger partial charge in [-0.15, -0.1) is 0 Å². The van der Waals surface area contributed by atoms with Gasteiger partial charge in [-0.3, -0.25) is 9.78 Å². The molecule has 140 valence electrons. The quantitative estimate of drug-likeness (QED) is 0.687. The molecule has 0 unspecified atom stereocenters. The van der Waals surface area contributed by atoms with Crippen LogP contribution < -0.4 is 5.32 Å². The molecule has 0 bridgehead atoms. The molecule has 1 atom stereocenters. The van der Waals surface area contributed by atoms with E-state index in [1.807, 2.05) is 19.9 Å². The molecule has 0 aliphatic rings. The fourth-order valence-electron chi connectivity index (χ4n) is 2.73. The molecule has 2 aromatic heterocycles. The van der Waals surface area contributed by atoms with Gasteiger partial charge < -0.3 is 9.84 Å². The molecule has 0 spiro atoms. The van der Waals surface area contributed by atoms with Crippen molar-refractivity contribution in [1.82, 2.24) is 20.4 Å². The molecule has 1 N–H and O–H groups in total. The largest absolute Gasteiger partial charge is 0.349 e. The van der Waals surface area contributed by atoms with Crippen LogP contribution in [0.4, 0.5) is 4.39 Å². The van der Waals surface area contributed by atoms with Crippen molar-refractivity contribution >= 4 is 5.91 Å². The van der Waals surface area contributed by atoms with E-state index in [-0.39, 0.29) is 30.1 Å². The highest BCUT2D eigenvalue weighted by atomic mass is 19.1. The van der Waals surface area contributed by atoms with Gasteiger partial charge in [0.05, 0.1) is 6.04 Å². The van der Waals surface area contributed by atoms with Crippen LogP contribution in [0.1, 0.15) is 37.8 Å². The van der Waals surface area contributed by atoms with Crippen molar-refractivity contribution in [2.45, 2.75) is 32.7 Å². The molecule has 3 rings (SSSR count).